The highest BCUT2D eigenvalue weighted by molar-refractivity contribution is 6.33. The number of fused-ring (bicyclic) bond motifs is 1. The Bertz CT molecular complexity index is 1130. The Balaban J connectivity index is 1.75. The fourth-order valence-electron chi connectivity index (χ4n) is 3.72. The maximum Gasteiger partial charge on any atom is 0.254 e. The lowest BCUT2D eigenvalue weighted by Crippen LogP contribution is -2.37. The number of halogens is 1. The second-order valence-corrected chi connectivity index (χ2v) is 8.44. The van der Waals surface area contributed by atoms with Crippen LogP contribution in [0.4, 0.5) is 0 Å². The van der Waals surface area contributed by atoms with E-state index in [1.165, 1.54) is 0 Å². The molecule has 3 aromatic rings. The zero-order valence-corrected chi connectivity index (χ0v) is 18.4. The van der Waals surface area contributed by atoms with E-state index in [1.54, 1.807) is 0 Å². The van der Waals surface area contributed by atoms with Gasteiger partial charge in [0, 0.05) is 47.1 Å². The van der Waals surface area contributed by atoms with Crippen molar-refractivity contribution in [2.24, 2.45) is 5.92 Å². The van der Waals surface area contributed by atoms with Gasteiger partial charge in [-0.2, -0.15) is 0 Å². The van der Waals surface area contributed by atoms with Gasteiger partial charge in [0.2, 0.25) is 0 Å². The van der Waals surface area contributed by atoms with Gasteiger partial charge in [-0.1, -0.05) is 61.8 Å². The smallest absolute Gasteiger partial charge is 0.254 e. The molecule has 0 atom stereocenters. The molecule has 2 heterocycles. The molecule has 0 bridgehead atoms. The van der Waals surface area contributed by atoms with Crippen LogP contribution in [0.1, 0.15) is 41.3 Å². The summed E-state index contributed by atoms with van der Waals surface area (Å²) in [5, 5.41) is 0.580. The predicted octanol–water partition coefficient (Wildman–Crippen LogP) is 4.76. The van der Waals surface area contributed by atoms with Crippen molar-refractivity contribution in [3.63, 3.8) is 0 Å². The van der Waals surface area contributed by atoms with Crippen molar-refractivity contribution < 1.29 is 9.59 Å². The van der Waals surface area contributed by atoms with Crippen molar-refractivity contribution in [1.29, 1.82) is 0 Å². The summed E-state index contributed by atoms with van der Waals surface area (Å²) in [6, 6.07) is 16.8. The average Bonchev–Trinajstić information content (AvgIpc) is 2.78. The molecule has 1 amide bonds. The summed E-state index contributed by atoms with van der Waals surface area (Å²) < 4.78 is 0. The molecule has 0 spiro atoms. The van der Waals surface area contributed by atoms with Crippen LogP contribution in [0.5, 0.6) is 0 Å². The number of Topliss-reactive ketones (excluding diaryl/α,β-unsaturated/α-hetero) is 1. The molecule has 31 heavy (non-hydrogen) atoms. The third-order valence-electron chi connectivity index (χ3n) is 5.52. The van der Waals surface area contributed by atoms with Crippen molar-refractivity contribution in [3.8, 4) is 11.3 Å². The van der Waals surface area contributed by atoms with Gasteiger partial charge in [0.1, 0.15) is 11.6 Å². The largest absolute Gasteiger partial charge is 0.334 e. The number of ketones is 1. The van der Waals surface area contributed by atoms with Gasteiger partial charge >= 0.3 is 0 Å². The minimum atomic E-state index is -0.0811. The molecule has 1 aliphatic rings. The Morgan fingerprint density at radius 2 is 1.74 bits per heavy atom. The first-order valence-electron chi connectivity index (χ1n) is 10.4. The third-order valence-corrected chi connectivity index (χ3v) is 5.85. The number of amides is 1. The number of hydrogen-bond acceptors (Lipinski definition) is 4. The van der Waals surface area contributed by atoms with Gasteiger partial charge in [0.05, 0.1) is 17.8 Å². The molecule has 5 nitrogen and oxygen atoms in total. The summed E-state index contributed by atoms with van der Waals surface area (Å²) >= 11 is 6.50. The standard InChI is InChI=1S/C25H24ClN3O2/c1-16(2)22(30)14-23-27-21-12-13-29(25(31)17-8-4-3-5-9-17)15-19(21)24(28-23)18-10-6-7-11-20(18)26/h3-11,16H,12-15H2,1-2H3. The van der Waals surface area contributed by atoms with Crippen LogP contribution in [0.25, 0.3) is 11.3 Å². The van der Waals surface area contributed by atoms with Crippen LogP contribution in [0.3, 0.4) is 0 Å². The SMILES string of the molecule is CC(C)C(=O)Cc1nc2c(c(-c3ccccc3Cl)n1)CN(C(=O)c1ccccc1)CC2. The highest BCUT2D eigenvalue weighted by Crippen LogP contribution is 2.33. The van der Waals surface area contributed by atoms with Crippen LogP contribution in [0.2, 0.25) is 5.02 Å². The lowest BCUT2D eigenvalue weighted by Gasteiger charge is -2.30. The van der Waals surface area contributed by atoms with Crippen LogP contribution in [-0.2, 0) is 24.2 Å². The molecule has 0 fully saturated rings. The number of nitrogens with zero attached hydrogens (tertiary/aromatic N) is 3. The number of carbonyl (C=O) groups excluding carboxylic acids is 2. The molecule has 0 aliphatic carbocycles. The minimum absolute atomic E-state index is 0.0181. The lowest BCUT2D eigenvalue weighted by molar-refractivity contribution is -0.121. The van der Waals surface area contributed by atoms with Crippen LogP contribution < -0.4 is 0 Å². The van der Waals surface area contributed by atoms with E-state index < -0.39 is 0 Å². The average molecular weight is 434 g/mol. The van der Waals surface area contributed by atoms with E-state index in [2.05, 4.69) is 0 Å². The zero-order chi connectivity index (χ0) is 22.0. The summed E-state index contributed by atoms with van der Waals surface area (Å²) in [4.78, 5) is 36.6. The number of aromatic nitrogens is 2. The van der Waals surface area contributed by atoms with Gasteiger partial charge in [-0.25, -0.2) is 9.97 Å². The van der Waals surface area contributed by atoms with Crippen molar-refractivity contribution in [1.82, 2.24) is 14.9 Å². The molecule has 0 saturated heterocycles. The molecule has 4 rings (SSSR count). The number of benzene rings is 2. The fraction of sp³-hybridized carbons (Fsp3) is 0.280. The summed E-state index contributed by atoms with van der Waals surface area (Å²) in [6.45, 7) is 4.73. The molecule has 6 heteroatoms. The third kappa shape index (κ3) is 4.52. The highest BCUT2D eigenvalue weighted by atomic mass is 35.5. The molecule has 1 aliphatic heterocycles. The van der Waals surface area contributed by atoms with Crippen LogP contribution >= 0.6 is 11.6 Å². The summed E-state index contributed by atoms with van der Waals surface area (Å²) in [5.41, 5.74) is 3.92. The van der Waals surface area contributed by atoms with Gasteiger partial charge in [0.25, 0.3) is 5.91 Å². The van der Waals surface area contributed by atoms with Crippen molar-refractivity contribution >= 4 is 23.3 Å². The summed E-state index contributed by atoms with van der Waals surface area (Å²) in [7, 11) is 0. The second kappa shape index (κ2) is 8.98. The first-order chi connectivity index (χ1) is 14.9. The minimum Gasteiger partial charge on any atom is -0.334 e. The van der Waals surface area contributed by atoms with Gasteiger partial charge < -0.3 is 4.90 Å². The van der Waals surface area contributed by atoms with E-state index in [0.717, 1.165) is 16.8 Å². The van der Waals surface area contributed by atoms with Crippen molar-refractivity contribution in [3.05, 3.63) is 82.3 Å². The first-order valence-corrected chi connectivity index (χ1v) is 10.8. The topological polar surface area (TPSA) is 63.2 Å². The van der Waals surface area contributed by atoms with E-state index in [9.17, 15) is 9.59 Å². The highest BCUT2D eigenvalue weighted by Gasteiger charge is 2.27. The number of hydrogen-bond donors (Lipinski definition) is 0. The van der Waals surface area contributed by atoms with Gasteiger partial charge in [0.15, 0.2) is 0 Å². The molecule has 0 N–H and O–H groups in total. The molecule has 0 radical (unpaired) electrons. The fourth-order valence-corrected chi connectivity index (χ4v) is 3.94. The molecular weight excluding hydrogens is 410 g/mol. The Morgan fingerprint density at radius 1 is 1.03 bits per heavy atom. The van der Waals surface area contributed by atoms with Gasteiger partial charge in [-0.05, 0) is 18.2 Å². The van der Waals surface area contributed by atoms with Crippen LogP contribution in [0, 0.1) is 5.92 Å². The molecule has 2 aromatic carbocycles. The zero-order valence-electron chi connectivity index (χ0n) is 17.6. The van der Waals surface area contributed by atoms with Crippen molar-refractivity contribution in [2.45, 2.75) is 33.2 Å². The molecule has 0 unspecified atom stereocenters. The number of rotatable bonds is 5. The number of carbonyl (C=O) groups is 2. The van der Waals surface area contributed by atoms with E-state index >= 15 is 0 Å². The quantitative estimate of drug-likeness (QED) is 0.581. The molecule has 1 aromatic heterocycles. The summed E-state index contributed by atoms with van der Waals surface area (Å²) in [5.74, 6) is 0.509. The normalized spacial score (nSPS) is 13.2. The molecule has 0 saturated carbocycles. The molecule has 158 valence electrons. The predicted molar refractivity (Wildman–Crippen MR) is 121 cm³/mol. The second-order valence-electron chi connectivity index (χ2n) is 8.03. The van der Waals surface area contributed by atoms with Crippen LogP contribution in [-0.4, -0.2) is 33.1 Å². The lowest BCUT2D eigenvalue weighted by atomic mass is 9.97. The van der Waals surface area contributed by atoms with Gasteiger partial charge in [-0.15, -0.1) is 0 Å². The Morgan fingerprint density at radius 3 is 2.45 bits per heavy atom. The van der Waals surface area contributed by atoms with Crippen LogP contribution in [0.15, 0.2) is 54.6 Å². The maximum atomic E-state index is 13.0. The van der Waals surface area contributed by atoms with E-state index in [0.29, 0.717) is 41.6 Å². The Labute approximate surface area is 187 Å². The van der Waals surface area contributed by atoms with E-state index in [-0.39, 0.29) is 24.0 Å². The van der Waals surface area contributed by atoms with Gasteiger partial charge in [-0.3, -0.25) is 9.59 Å². The maximum absolute atomic E-state index is 13.0. The van der Waals surface area contributed by atoms with Crippen molar-refractivity contribution in [2.75, 3.05) is 6.54 Å². The molecular formula is C25H24ClN3O2. The summed E-state index contributed by atoms with van der Waals surface area (Å²) in [6.07, 6.45) is 0.797. The van der Waals surface area contributed by atoms with E-state index in [4.69, 9.17) is 21.6 Å². The van der Waals surface area contributed by atoms with E-state index in [1.807, 2.05) is 73.3 Å². The Hall–Kier alpha value is -3.05. The monoisotopic (exact) mass is 433 g/mol. The first kappa shape index (κ1) is 21.2. The Kier molecular flexibility index (Phi) is 6.14.